The van der Waals surface area contributed by atoms with Gasteiger partial charge < -0.3 is 15.5 Å². The molecule has 4 nitrogen and oxygen atoms in total. The van der Waals surface area contributed by atoms with Crippen LogP contribution >= 0.6 is 0 Å². The van der Waals surface area contributed by atoms with Crippen LogP contribution in [-0.2, 0) is 6.42 Å². The van der Waals surface area contributed by atoms with E-state index in [-0.39, 0.29) is 11.5 Å². The number of benzene rings is 1. The minimum atomic E-state index is -1.05. The standard InChI is InChI=1S/C15H23NO3/c1-15(2,3)13(16-14(18)19)10-12(17)9-11-7-5-4-6-8-11/h4-8,12-13,16-17H,9-10H2,1-3H3,(H,18,19). The number of carboxylic acid groups (broad SMARTS) is 1. The fourth-order valence-corrected chi connectivity index (χ4v) is 2.02. The molecule has 0 fully saturated rings. The Morgan fingerprint density at radius 3 is 2.32 bits per heavy atom. The molecule has 0 saturated carbocycles. The molecule has 0 aromatic heterocycles. The maximum absolute atomic E-state index is 10.8. The molecule has 1 rings (SSSR count). The zero-order chi connectivity index (χ0) is 14.5. The Hall–Kier alpha value is -1.55. The third-order valence-electron chi connectivity index (χ3n) is 3.17. The summed E-state index contributed by atoms with van der Waals surface area (Å²) < 4.78 is 0. The van der Waals surface area contributed by atoms with Crippen LogP contribution < -0.4 is 5.32 Å². The summed E-state index contributed by atoms with van der Waals surface area (Å²) >= 11 is 0. The summed E-state index contributed by atoms with van der Waals surface area (Å²) in [6, 6.07) is 9.43. The summed E-state index contributed by atoms with van der Waals surface area (Å²) in [5.41, 5.74) is 0.828. The molecule has 0 saturated heterocycles. The highest BCUT2D eigenvalue weighted by molar-refractivity contribution is 5.65. The molecule has 0 spiro atoms. The number of carbonyl (C=O) groups is 1. The van der Waals surface area contributed by atoms with E-state index in [0.29, 0.717) is 12.8 Å². The van der Waals surface area contributed by atoms with E-state index in [9.17, 15) is 9.90 Å². The van der Waals surface area contributed by atoms with Crippen LogP contribution in [0.4, 0.5) is 4.79 Å². The van der Waals surface area contributed by atoms with Gasteiger partial charge in [0.15, 0.2) is 0 Å². The predicted molar refractivity (Wildman–Crippen MR) is 75.2 cm³/mol. The molecule has 0 aliphatic carbocycles. The number of nitrogens with one attached hydrogen (secondary N) is 1. The Kier molecular flexibility index (Phi) is 5.36. The van der Waals surface area contributed by atoms with E-state index in [0.717, 1.165) is 5.56 Å². The Morgan fingerprint density at radius 2 is 1.84 bits per heavy atom. The lowest BCUT2D eigenvalue weighted by atomic mass is 9.82. The molecule has 0 radical (unpaired) electrons. The van der Waals surface area contributed by atoms with Gasteiger partial charge >= 0.3 is 6.09 Å². The summed E-state index contributed by atoms with van der Waals surface area (Å²) in [6.45, 7) is 5.88. The molecule has 2 unspecified atom stereocenters. The highest BCUT2D eigenvalue weighted by Gasteiger charge is 2.28. The second-order valence-corrected chi connectivity index (χ2v) is 5.95. The molecule has 19 heavy (non-hydrogen) atoms. The second kappa shape index (κ2) is 6.57. The number of aliphatic hydroxyl groups excluding tert-OH is 1. The first-order valence-corrected chi connectivity index (χ1v) is 6.50. The highest BCUT2D eigenvalue weighted by Crippen LogP contribution is 2.24. The Bertz CT molecular complexity index is 398. The van der Waals surface area contributed by atoms with Crippen molar-refractivity contribution < 1.29 is 15.0 Å². The van der Waals surface area contributed by atoms with Crippen molar-refractivity contribution in [2.75, 3.05) is 0 Å². The SMILES string of the molecule is CC(C)(C)C(CC(O)Cc1ccccc1)NC(=O)O. The van der Waals surface area contributed by atoms with Crippen molar-refractivity contribution >= 4 is 6.09 Å². The molecule has 1 aromatic carbocycles. The number of rotatable bonds is 5. The van der Waals surface area contributed by atoms with Crippen LogP contribution in [0.1, 0.15) is 32.8 Å². The van der Waals surface area contributed by atoms with Gasteiger partial charge in [0.2, 0.25) is 0 Å². The fourth-order valence-electron chi connectivity index (χ4n) is 2.02. The maximum Gasteiger partial charge on any atom is 0.404 e. The van der Waals surface area contributed by atoms with Crippen molar-refractivity contribution in [3.05, 3.63) is 35.9 Å². The molecule has 1 aromatic rings. The smallest absolute Gasteiger partial charge is 0.404 e. The lowest BCUT2D eigenvalue weighted by molar-refractivity contribution is 0.114. The molecule has 2 atom stereocenters. The largest absolute Gasteiger partial charge is 0.465 e. The van der Waals surface area contributed by atoms with Gasteiger partial charge in [-0.25, -0.2) is 4.79 Å². The molecular weight excluding hydrogens is 242 g/mol. The van der Waals surface area contributed by atoms with E-state index >= 15 is 0 Å². The van der Waals surface area contributed by atoms with Crippen molar-refractivity contribution in [2.24, 2.45) is 5.41 Å². The lowest BCUT2D eigenvalue weighted by Crippen LogP contribution is -2.45. The minimum Gasteiger partial charge on any atom is -0.465 e. The number of hydrogen-bond donors (Lipinski definition) is 3. The van der Waals surface area contributed by atoms with Gasteiger partial charge in [0.1, 0.15) is 0 Å². The van der Waals surface area contributed by atoms with Crippen LogP contribution in [0.5, 0.6) is 0 Å². The quantitative estimate of drug-likeness (QED) is 0.766. The summed E-state index contributed by atoms with van der Waals surface area (Å²) in [7, 11) is 0. The summed E-state index contributed by atoms with van der Waals surface area (Å²) in [5.74, 6) is 0. The van der Waals surface area contributed by atoms with E-state index < -0.39 is 12.2 Å². The molecule has 0 heterocycles. The van der Waals surface area contributed by atoms with Crippen LogP contribution in [0.25, 0.3) is 0 Å². The van der Waals surface area contributed by atoms with Crippen LogP contribution in [0, 0.1) is 5.41 Å². The molecule has 4 heteroatoms. The van der Waals surface area contributed by atoms with Gasteiger partial charge in [-0.3, -0.25) is 0 Å². The first-order valence-electron chi connectivity index (χ1n) is 6.50. The first kappa shape index (κ1) is 15.5. The van der Waals surface area contributed by atoms with Gasteiger partial charge in [-0.2, -0.15) is 0 Å². The van der Waals surface area contributed by atoms with Gasteiger partial charge in [-0.1, -0.05) is 51.1 Å². The van der Waals surface area contributed by atoms with Crippen molar-refractivity contribution in [3.63, 3.8) is 0 Å². The van der Waals surface area contributed by atoms with Crippen molar-refractivity contribution in [3.8, 4) is 0 Å². The Labute approximate surface area is 114 Å². The van der Waals surface area contributed by atoms with Crippen LogP contribution in [0.2, 0.25) is 0 Å². The van der Waals surface area contributed by atoms with Crippen LogP contribution in [0.15, 0.2) is 30.3 Å². The van der Waals surface area contributed by atoms with Crippen LogP contribution in [0.3, 0.4) is 0 Å². The van der Waals surface area contributed by atoms with E-state index in [4.69, 9.17) is 5.11 Å². The third-order valence-corrected chi connectivity index (χ3v) is 3.17. The molecule has 106 valence electrons. The number of amides is 1. The Morgan fingerprint density at radius 1 is 1.26 bits per heavy atom. The minimum absolute atomic E-state index is 0.226. The van der Waals surface area contributed by atoms with Crippen molar-refractivity contribution in [2.45, 2.75) is 45.8 Å². The predicted octanol–water partition coefficient (Wildman–Crippen LogP) is 2.66. The average Bonchev–Trinajstić information content (AvgIpc) is 2.27. The Balaban J connectivity index is 2.61. The average molecular weight is 265 g/mol. The normalized spacial score (nSPS) is 14.7. The lowest BCUT2D eigenvalue weighted by Gasteiger charge is -2.32. The molecular formula is C15H23NO3. The first-order chi connectivity index (χ1) is 8.79. The molecule has 3 N–H and O–H groups in total. The third kappa shape index (κ3) is 5.75. The molecule has 1 amide bonds. The second-order valence-electron chi connectivity index (χ2n) is 5.95. The van der Waals surface area contributed by atoms with Gasteiger partial charge in [-0.15, -0.1) is 0 Å². The van der Waals surface area contributed by atoms with Gasteiger partial charge in [0.25, 0.3) is 0 Å². The molecule has 0 bridgehead atoms. The van der Waals surface area contributed by atoms with Gasteiger partial charge in [0, 0.05) is 6.04 Å². The van der Waals surface area contributed by atoms with E-state index in [1.807, 2.05) is 51.1 Å². The van der Waals surface area contributed by atoms with Gasteiger partial charge in [0.05, 0.1) is 6.10 Å². The maximum atomic E-state index is 10.8. The molecule has 0 aliphatic rings. The topological polar surface area (TPSA) is 69.6 Å². The van der Waals surface area contributed by atoms with Crippen molar-refractivity contribution in [1.29, 1.82) is 0 Å². The monoisotopic (exact) mass is 265 g/mol. The van der Waals surface area contributed by atoms with Gasteiger partial charge in [-0.05, 0) is 23.8 Å². The fraction of sp³-hybridized carbons (Fsp3) is 0.533. The zero-order valence-electron chi connectivity index (χ0n) is 11.8. The number of hydrogen-bond acceptors (Lipinski definition) is 2. The number of aliphatic hydroxyl groups is 1. The zero-order valence-corrected chi connectivity index (χ0v) is 11.8. The van der Waals surface area contributed by atoms with Crippen LogP contribution in [-0.4, -0.2) is 28.5 Å². The summed E-state index contributed by atoms with van der Waals surface area (Å²) in [6.07, 6.45) is -0.662. The van der Waals surface area contributed by atoms with E-state index in [1.165, 1.54) is 0 Å². The molecule has 0 aliphatic heterocycles. The van der Waals surface area contributed by atoms with E-state index in [1.54, 1.807) is 0 Å². The summed E-state index contributed by atoms with van der Waals surface area (Å²) in [5, 5.41) is 21.5. The highest BCUT2D eigenvalue weighted by atomic mass is 16.4. The summed E-state index contributed by atoms with van der Waals surface area (Å²) in [4.78, 5) is 10.8. The van der Waals surface area contributed by atoms with Crippen molar-refractivity contribution in [1.82, 2.24) is 5.32 Å². The van der Waals surface area contributed by atoms with E-state index in [2.05, 4.69) is 5.32 Å².